The summed E-state index contributed by atoms with van der Waals surface area (Å²) in [6, 6.07) is 7.77. The maximum atomic E-state index is 6.06. The molecule has 0 aliphatic rings. The van der Waals surface area contributed by atoms with Crippen LogP contribution in [-0.2, 0) is 7.05 Å². The van der Waals surface area contributed by atoms with Crippen LogP contribution in [0.15, 0.2) is 30.5 Å². The summed E-state index contributed by atoms with van der Waals surface area (Å²) in [5.41, 5.74) is 9.20. The first kappa shape index (κ1) is 12.5. The number of ether oxygens (including phenoxy) is 1. The number of para-hydroxylation sites is 1. The standard InChI is InChI=1S/C15H16N4O/c1-9-14(10(2)19(3)18-9)20-15-11-6-4-5-7-13(11)17-8-12(15)16/h4-8H,16H2,1-3H3. The van der Waals surface area contributed by atoms with Gasteiger partial charge in [-0.1, -0.05) is 12.1 Å². The highest BCUT2D eigenvalue weighted by molar-refractivity contribution is 5.89. The third kappa shape index (κ3) is 1.87. The summed E-state index contributed by atoms with van der Waals surface area (Å²) in [6.07, 6.45) is 1.62. The van der Waals surface area contributed by atoms with E-state index in [2.05, 4.69) is 10.1 Å². The molecule has 0 saturated heterocycles. The second kappa shape index (κ2) is 4.52. The average Bonchev–Trinajstić information content (AvgIpc) is 2.68. The van der Waals surface area contributed by atoms with Crippen LogP contribution in [-0.4, -0.2) is 14.8 Å². The maximum Gasteiger partial charge on any atom is 0.171 e. The SMILES string of the molecule is Cc1nn(C)c(C)c1Oc1c(N)cnc2ccccc12. The number of hydrogen-bond donors (Lipinski definition) is 1. The summed E-state index contributed by atoms with van der Waals surface area (Å²) in [5.74, 6) is 1.38. The molecule has 1 aromatic carbocycles. The van der Waals surface area contributed by atoms with Crippen molar-refractivity contribution in [3.8, 4) is 11.5 Å². The second-order valence-electron chi connectivity index (χ2n) is 4.79. The summed E-state index contributed by atoms with van der Waals surface area (Å²) >= 11 is 0. The molecular formula is C15H16N4O. The summed E-state index contributed by atoms with van der Waals surface area (Å²) < 4.78 is 7.85. The number of pyridine rings is 1. The van der Waals surface area contributed by atoms with Gasteiger partial charge in [-0.25, -0.2) is 0 Å². The van der Waals surface area contributed by atoms with E-state index in [9.17, 15) is 0 Å². The zero-order valence-corrected chi connectivity index (χ0v) is 11.7. The molecule has 0 fully saturated rings. The number of nitrogens with two attached hydrogens (primary N) is 1. The van der Waals surface area contributed by atoms with Crippen molar-refractivity contribution in [3.63, 3.8) is 0 Å². The predicted molar refractivity (Wildman–Crippen MR) is 78.9 cm³/mol. The number of nitrogen functional groups attached to an aromatic ring is 1. The molecule has 5 nitrogen and oxygen atoms in total. The van der Waals surface area contributed by atoms with Crippen LogP contribution in [0.25, 0.3) is 10.9 Å². The first-order valence-electron chi connectivity index (χ1n) is 6.39. The Morgan fingerprint density at radius 3 is 2.60 bits per heavy atom. The van der Waals surface area contributed by atoms with Crippen molar-refractivity contribution in [1.82, 2.24) is 14.8 Å². The van der Waals surface area contributed by atoms with Crippen molar-refractivity contribution in [1.29, 1.82) is 0 Å². The lowest BCUT2D eigenvalue weighted by atomic mass is 10.2. The molecule has 20 heavy (non-hydrogen) atoms. The smallest absolute Gasteiger partial charge is 0.171 e. The van der Waals surface area contributed by atoms with Gasteiger partial charge in [-0.15, -0.1) is 0 Å². The van der Waals surface area contributed by atoms with Gasteiger partial charge in [-0.3, -0.25) is 9.67 Å². The highest BCUT2D eigenvalue weighted by atomic mass is 16.5. The van der Waals surface area contributed by atoms with Gasteiger partial charge in [0.1, 0.15) is 5.69 Å². The Kier molecular flexibility index (Phi) is 2.82. The van der Waals surface area contributed by atoms with Gasteiger partial charge in [0.05, 0.1) is 23.1 Å². The van der Waals surface area contributed by atoms with Crippen LogP contribution < -0.4 is 10.5 Å². The van der Waals surface area contributed by atoms with Gasteiger partial charge in [0.15, 0.2) is 11.5 Å². The fourth-order valence-electron chi connectivity index (χ4n) is 2.25. The fourth-order valence-corrected chi connectivity index (χ4v) is 2.25. The molecule has 0 aliphatic carbocycles. The highest BCUT2D eigenvalue weighted by Crippen LogP contribution is 2.36. The lowest BCUT2D eigenvalue weighted by Gasteiger charge is -2.11. The molecule has 2 aromatic heterocycles. The van der Waals surface area contributed by atoms with Crippen LogP contribution in [0, 0.1) is 13.8 Å². The quantitative estimate of drug-likeness (QED) is 0.776. The first-order chi connectivity index (χ1) is 9.58. The van der Waals surface area contributed by atoms with Crippen molar-refractivity contribution < 1.29 is 4.74 Å². The van der Waals surface area contributed by atoms with Gasteiger partial charge in [0.2, 0.25) is 0 Å². The Bertz CT molecular complexity index is 792. The Labute approximate surface area is 117 Å². The number of rotatable bonds is 2. The Morgan fingerprint density at radius 2 is 1.90 bits per heavy atom. The lowest BCUT2D eigenvalue weighted by molar-refractivity contribution is 0.481. The zero-order valence-electron chi connectivity index (χ0n) is 11.7. The summed E-state index contributed by atoms with van der Waals surface area (Å²) in [4.78, 5) is 4.31. The number of aryl methyl sites for hydroxylation is 2. The van der Waals surface area contributed by atoms with E-state index in [-0.39, 0.29) is 0 Å². The molecule has 102 valence electrons. The van der Waals surface area contributed by atoms with Gasteiger partial charge >= 0.3 is 0 Å². The molecule has 0 atom stereocenters. The lowest BCUT2D eigenvalue weighted by Crippen LogP contribution is -1.97. The fraction of sp³-hybridized carbons (Fsp3) is 0.200. The minimum Gasteiger partial charge on any atom is -0.451 e. The van der Waals surface area contributed by atoms with Gasteiger partial charge in [0.25, 0.3) is 0 Å². The number of anilines is 1. The molecule has 0 saturated carbocycles. The van der Waals surface area contributed by atoms with Crippen molar-refractivity contribution in [2.24, 2.45) is 7.05 Å². The van der Waals surface area contributed by atoms with E-state index in [1.165, 1.54) is 0 Å². The molecule has 2 heterocycles. The van der Waals surface area contributed by atoms with E-state index in [1.807, 2.05) is 45.2 Å². The van der Waals surface area contributed by atoms with E-state index in [0.717, 1.165) is 28.0 Å². The molecule has 0 unspecified atom stereocenters. The van der Waals surface area contributed by atoms with Crippen molar-refractivity contribution in [2.75, 3.05) is 5.73 Å². The van der Waals surface area contributed by atoms with E-state index >= 15 is 0 Å². The molecular weight excluding hydrogens is 252 g/mol. The number of aromatic nitrogens is 3. The van der Waals surface area contributed by atoms with Crippen molar-refractivity contribution >= 4 is 16.6 Å². The van der Waals surface area contributed by atoms with Gasteiger partial charge in [-0.05, 0) is 26.0 Å². The molecule has 0 bridgehead atoms. The molecule has 0 spiro atoms. The largest absolute Gasteiger partial charge is 0.451 e. The second-order valence-corrected chi connectivity index (χ2v) is 4.79. The number of nitrogens with zero attached hydrogens (tertiary/aromatic N) is 3. The van der Waals surface area contributed by atoms with Crippen molar-refractivity contribution in [3.05, 3.63) is 41.9 Å². The predicted octanol–water partition coefficient (Wildman–Crippen LogP) is 2.96. The van der Waals surface area contributed by atoms with Crippen LogP contribution in [0.3, 0.4) is 0 Å². The maximum absolute atomic E-state index is 6.06. The van der Waals surface area contributed by atoms with Crippen molar-refractivity contribution in [2.45, 2.75) is 13.8 Å². The van der Waals surface area contributed by atoms with Gasteiger partial charge in [-0.2, -0.15) is 5.10 Å². The topological polar surface area (TPSA) is 66.0 Å². The third-order valence-corrected chi connectivity index (χ3v) is 3.40. The molecule has 3 rings (SSSR count). The van der Waals surface area contributed by atoms with Crippen LogP contribution in [0.4, 0.5) is 5.69 Å². The Hall–Kier alpha value is -2.56. The summed E-state index contributed by atoms with van der Waals surface area (Å²) in [6.45, 7) is 3.89. The zero-order chi connectivity index (χ0) is 14.3. The summed E-state index contributed by atoms with van der Waals surface area (Å²) in [7, 11) is 1.89. The van der Waals surface area contributed by atoms with E-state index in [0.29, 0.717) is 11.4 Å². The highest BCUT2D eigenvalue weighted by Gasteiger charge is 2.15. The van der Waals surface area contributed by atoms with Gasteiger partial charge in [0, 0.05) is 12.4 Å². The molecule has 0 aliphatic heterocycles. The van der Waals surface area contributed by atoms with E-state index in [4.69, 9.17) is 10.5 Å². The van der Waals surface area contributed by atoms with Crippen LogP contribution in [0.2, 0.25) is 0 Å². The molecule has 2 N–H and O–H groups in total. The molecule has 0 amide bonds. The third-order valence-electron chi connectivity index (χ3n) is 3.40. The van der Waals surface area contributed by atoms with Gasteiger partial charge < -0.3 is 10.5 Å². The number of hydrogen-bond acceptors (Lipinski definition) is 4. The van der Waals surface area contributed by atoms with Crippen LogP contribution >= 0.6 is 0 Å². The minimum atomic E-state index is 0.520. The monoisotopic (exact) mass is 268 g/mol. The van der Waals surface area contributed by atoms with E-state index < -0.39 is 0 Å². The van der Waals surface area contributed by atoms with Crippen LogP contribution in [0.5, 0.6) is 11.5 Å². The van der Waals surface area contributed by atoms with Crippen LogP contribution in [0.1, 0.15) is 11.4 Å². The minimum absolute atomic E-state index is 0.520. The van der Waals surface area contributed by atoms with E-state index in [1.54, 1.807) is 10.9 Å². The number of fused-ring (bicyclic) bond motifs is 1. The molecule has 0 radical (unpaired) electrons. The summed E-state index contributed by atoms with van der Waals surface area (Å²) in [5, 5.41) is 5.25. The first-order valence-corrected chi connectivity index (χ1v) is 6.39. The molecule has 3 aromatic rings. The number of benzene rings is 1. The normalized spacial score (nSPS) is 10.9. The Morgan fingerprint density at radius 1 is 1.15 bits per heavy atom. The molecule has 5 heteroatoms. The average molecular weight is 268 g/mol. The Balaban J connectivity index is 2.17.